The second-order valence-corrected chi connectivity index (χ2v) is 7.30. The van der Waals surface area contributed by atoms with Gasteiger partial charge in [0.1, 0.15) is 5.75 Å². The van der Waals surface area contributed by atoms with Crippen LogP contribution in [0.1, 0.15) is 36.0 Å². The molecule has 124 valence electrons. The van der Waals surface area contributed by atoms with Crippen molar-refractivity contribution < 1.29 is 9.53 Å². The van der Waals surface area contributed by atoms with Crippen molar-refractivity contribution >= 4 is 5.91 Å². The third-order valence-corrected chi connectivity index (χ3v) is 6.09. The number of amides is 1. The Balaban J connectivity index is 1.36. The van der Waals surface area contributed by atoms with Gasteiger partial charge in [-0.15, -0.1) is 0 Å². The minimum atomic E-state index is 0.136. The van der Waals surface area contributed by atoms with Crippen LogP contribution in [0, 0.1) is 11.8 Å². The number of methoxy groups -OCH3 is 1. The van der Waals surface area contributed by atoms with Crippen LogP contribution in [-0.2, 0) is 0 Å². The summed E-state index contributed by atoms with van der Waals surface area (Å²) in [5, 5.41) is 0. The van der Waals surface area contributed by atoms with Gasteiger partial charge in [0.2, 0.25) is 0 Å². The highest BCUT2D eigenvalue weighted by Gasteiger charge is 2.42. The van der Waals surface area contributed by atoms with Crippen molar-refractivity contribution in [3.63, 3.8) is 0 Å². The highest BCUT2D eigenvalue weighted by atomic mass is 16.5. The normalized spacial score (nSPS) is 30.7. The molecule has 2 saturated carbocycles. The van der Waals surface area contributed by atoms with Crippen molar-refractivity contribution in [2.75, 3.05) is 33.3 Å². The van der Waals surface area contributed by atoms with Gasteiger partial charge in [0.25, 0.3) is 5.91 Å². The van der Waals surface area contributed by atoms with Crippen LogP contribution in [0.4, 0.5) is 0 Å². The molecule has 1 aliphatic heterocycles. The lowest BCUT2D eigenvalue weighted by molar-refractivity contribution is 0.0495. The molecule has 1 heterocycles. The Morgan fingerprint density at radius 2 is 1.96 bits per heavy atom. The lowest BCUT2D eigenvalue weighted by Gasteiger charge is -2.41. The average molecular weight is 314 g/mol. The molecule has 4 nitrogen and oxygen atoms in total. The van der Waals surface area contributed by atoms with E-state index in [0.717, 1.165) is 55.4 Å². The predicted molar refractivity (Wildman–Crippen MR) is 89.7 cm³/mol. The molecule has 0 radical (unpaired) electrons. The maximum absolute atomic E-state index is 12.7. The van der Waals surface area contributed by atoms with Gasteiger partial charge in [-0.25, -0.2) is 0 Å². The SMILES string of the molecule is COc1cccc(C(=O)N2CCN([C@H]3C[C@H]4CC[C@@H]3C4)CC2)c1. The summed E-state index contributed by atoms with van der Waals surface area (Å²) < 4.78 is 5.23. The molecule has 2 bridgehead atoms. The number of hydrogen-bond acceptors (Lipinski definition) is 3. The van der Waals surface area contributed by atoms with Gasteiger partial charge < -0.3 is 9.64 Å². The molecule has 3 atom stereocenters. The van der Waals surface area contributed by atoms with E-state index in [2.05, 4.69) is 4.90 Å². The fourth-order valence-corrected chi connectivity index (χ4v) is 4.85. The summed E-state index contributed by atoms with van der Waals surface area (Å²) in [7, 11) is 1.64. The molecule has 4 heteroatoms. The number of fused-ring (bicyclic) bond motifs is 2. The number of nitrogens with zero attached hydrogens (tertiary/aromatic N) is 2. The number of piperazine rings is 1. The van der Waals surface area contributed by atoms with E-state index >= 15 is 0 Å². The zero-order chi connectivity index (χ0) is 15.8. The summed E-state index contributed by atoms with van der Waals surface area (Å²) in [5.74, 6) is 2.80. The lowest BCUT2D eigenvalue weighted by atomic mass is 9.93. The molecule has 23 heavy (non-hydrogen) atoms. The first kappa shape index (κ1) is 15.0. The summed E-state index contributed by atoms with van der Waals surface area (Å²) in [6.45, 7) is 3.76. The first-order valence-corrected chi connectivity index (χ1v) is 8.92. The summed E-state index contributed by atoms with van der Waals surface area (Å²) in [6.07, 6.45) is 5.73. The van der Waals surface area contributed by atoms with Crippen molar-refractivity contribution in [3.05, 3.63) is 29.8 Å². The molecular formula is C19H26N2O2. The van der Waals surface area contributed by atoms with Gasteiger partial charge in [-0.05, 0) is 49.3 Å². The summed E-state index contributed by atoms with van der Waals surface area (Å²) in [4.78, 5) is 17.3. The van der Waals surface area contributed by atoms with Gasteiger partial charge in [0, 0.05) is 37.8 Å². The fraction of sp³-hybridized carbons (Fsp3) is 0.632. The predicted octanol–water partition coefficient (Wildman–Crippen LogP) is 2.64. The van der Waals surface area contributed by atoms with Gasteiger partial charge in [-0.2, -0.15) is 0 Å². The minimum Gasteiger partial charge on any atom is -0.497 e. The van der Waals surface area contributed by atoms with Crippen molar-refractivity contribution in [2.45, 2.75) is 31.7 Å². The third kappa shape index (κ3) is 2.85. The maximum Gasteiger partial charge on any atom is 0.254 e. The lowest BCUT2D eigenvalue weighted by Crippen LogP contribution is -2.53. The van der Waals surface area contributed by atoms with E-state index in [1.54, 1.807) is 7.11 Å². The molecule has 3 aliphatic rings. The number of ether oxygens (including phenoxy) is 1. The van der Waals surface area contributed by atoms with Gasteiger partial charge in [-0.1, -0.05) is 12.5 Å². The fourth-order valence-electron chi connectivity index (χ4n) is 4.85. The molecule has 1 amide bonds. The molecule has 1 aromatic rings. The van der Waals surface area contributed by atoms with E-state index < -0.39 is 0 Å². The van der Waals surface area contributed by atoms with Crippen LogP contribution in [0.15, 0.2) is 24.3 Å². The molecule has 3 fully saturated rings. The van der Waals surface area contributed by atoms with E-state index in [1.165, 1.54) is 25.7 Å². The molecule has 4 rings (SSSR count). The minimum absolute atomic E-state index is 0.136. The summed E-state index contributed by atoms with van der Waals surface area (Å²) in [5.41, 5.74) is 0.734. The van der Waals surface area contributed by atoms with E-state index in [9.17, 15) is 4.79 Å². The van der Waals surface area contributed by atoms with Crippen molar-refractivity contribution in [1.29, 1.82) is 0 Å². The zero-order valence-electron chi connectivity index (χ0n) is 13.9. The smallest absolute Gasteiger partial charge is 0.254 e. The van der Waals surface area contributed by atoms with Crippen LogP contribution in [0.5, 0.6) is 5.75 Å². The van der Waals surface area contributed by atoms with Crippen molar-refractivity contribution in [2.24, 2.45) is 11.8 Å². The van der Waals surface area contributed by atoms with Crippen molar-refractivity contribution in [1.82, 2.24) is 9.80 Å². The number of rotatable bonds is 3. The Morgan fingerprint density at radius 1 is 1.13 bits per heavy atom. The summed E-state index contributed by atoms with van der Waals surface area (Å²) >= 11 is 0. The van der Waals surface area contributed by atoms with E-state index in [1.807, 2.05) is 29.2 Å². The topological polar surface area (TPSA) is 32.8 Å². The number of carbonyl (C=O) groups excluding carboxylic acids is 1. The Labute approximate surface area is 138 Å². The quantitative estimate of drug-likeness (QED) is 0.860. The van der Waals surface area contributed by atoms with Crippen LogP contribution in [0.25, 0.3) is 0 Å². The average Bonchev–Trinajstić information content (AvgIpc) is 3.24. The Kier molecular flexibility index (Phi) is 4.02. The first-order chi connectivity index (χ1) is 11.2. The van der Waals surface area contributed by atoms with Crippen LogP contribution < -0.4 is 4.74 Å². The van der Waals surface area contributed by atoms with Gasteiger partial charge >= 0.3 is 0 Å². The molecule has 0 unspecified atom stereocenters. The second-order valence-electron chi connectivity index (χ2n) is 7.30. The third-order valence-electron chi connectivity index (χ3n) is 6.09. The first-order valence-electron chi connectivity index (χ1n) is 8.92. The standard InChI is InChI=1S/C19H26N2O2/c1-23-17-4-2-3-16(13-17)19(22)21-9-7-20(8-10-21)18-12-14-5-6-15(18)11-14/h2-4,13-15,18H,5-12H2,1H3/t14-,15+,18-/m0/s1. The molecule has 1 aromatic carbocycles. The van der Waals surface area contributed by atoms with E-state index in [-0.39, 0.29) is 5.91 Å². The Morgan fingerprint density at radius 3 is 2.61 bits per heavy atom. The number of benzene rings is 1. The largest absolute Gasteiger partial charge is 0.497 e. The monoisotopic (exact) mass is 314 g/mol. The molecule has 0 N–H and O–H groups in total. The van der Waals surface area contributed by atoms with Crippen LogP contribution >= 0.6 is 0 Å². The van der Waals surface area contributed by atoms with E-state index in [0.29, 0.717) is 0 Å². The molecule has 0 aromatic heterocycles. The van der Waals surface area contributed by atoms with Crippen LogP contribution in [0.2, 0.25) is 0 Å². The Hall–Kier alpha value is -1.55. The van der Waals surface area contributed by atoms with E-state index in [4.69, 9.17) is 4.74 Å². The number of carbonyl (C=O) groups is 1. The van der Waals surface area contributed by atoms with Crippen molar-refractivity contribution in [3.8, 4) is 5.75 Å². The molecular weight excluding hydrogens is 288 g/mol. The molecule has 2 aliphatic carbocycles. The Bertz CT molecular complexity index is 580. The van der Waals surface area contributed by atoms with Crippen LogP contribution in [0.3, 0.4) is 0 Å². The molecule has 0 spiro atoms. The highest BCUT2D eigenvalue weighted by Crippen LogP contribution is 2.46. The van der Waals surface area contributed by atoms with Gasteiger partial charge in [0.15, 0.2) is 0 Å². The van der Waals surface area contributed by atoms with Gasteiger partial charge in [-0.3, -0.25) is 9.69 Å². The highest BCUT2D eigenvalue weighted by molar-refractivity contribution is 5.94. The number of hydrogen-bond donors (Lipinski definition) is 0. The second kappa shape index (κ2) is 6.16. The zero-order valence-corrected chi connectivity index (χ0v) is 13.9. The maximum atomic E-state index is 12.7. The molecule has 1 saturated heterocycles. The summed E-state index contributed by atoms with van der Waals surface area (Å²) in [6, 6.07) is 8.28. The van der Waals surface area contributed by atoms with Gasteiger partial charge in [0.05, 0.1) is 7.11 Å². The van der Waals surface area contributed by atoms with Crippen LogP contribution in [-0.4, -0.2) is 55.0 Å².